The lowest BCUT2D eigenvalue weighted by molar-refractivity contribution is 0.0947. The van der Waals surface area contributed by atoms with E-state index in [-0.39, 0.29) is 17.3 Å². The van der Waals surface area contributed by atoms with Crippen LogP contribution in [0.2, 0.25) is 0 Å². The van der Waals surface area contributed by atoms with Crippen molar-refractivity contribution in [3.8, 4) is 17.3 Å². The molecule has 0 saturated carbocycles. The van der Waals surface area contributed by atoms with E-state index in [2.05, 4.69) is 15.4 Å². The lowest BCUT2D eigenvalue weighted by atomic mass is 10.2. The Labute approximate surface area is 165 Å². The van der Waals surface area contributed by atoms with Crippen molar-refractivity contribution in [2.45, 2.75) is 6.54 Å². The van der Waals surface area contributed by atoms with E-state index in [0.717, 1.165) is 16.0 Å². The highest BCUT2D eigenvalue weighted by Gasteiger charge is 2.20. The minimum atomic E-state index is -0.437. The predicted octanol–water partition coefficient (Wildman–Crippen LogP) is 3.99. The first-order valence-corrected chi connectivity index (χ1v) is 8.82. The van der Waals surface area contributed by atoms with Crippen LogP contribution in [0.15, 0.2) is 71.3 Å². The van der Waals surface area contributed by atoms with Gasteiger partial charge in [-0.2, -0.15) is 9.67 Å². The molecule has 0 saturated heterocycles. The number of ether oxygens (including phenoxy) is 1. The van der Waals surface area contributed by atoms with Crippen LogP contribution in [-0.4, -0.2) is 27.8 Å². The van der Waals surface area contributed by atoms with Crippen LogP contribution in [0.1, 0.15) is 15.9 Å². The highest BCUT2D eigenvalue weighted by atomic mass is 19.1. The molecule has 0 atom stereocenters. The van der Waals surface area contributed by atoms with Crippen LogP contribution in [0.25, 0.3) is 11.6 Å². The third kappa shape index (κ3) is 4.01. The summed E-state index contributed by atoms with van der Waals surface area (Å²) in [7, 11) is 1.60. The third-order valence-corrected chi connectivity index (χ3v) is 4.24. The molecule has 0 radical (unpaired) electrons. The fourth-order valence-electron chi connectivity index (χ4n) is 2.72. The molecular formula is C21H17FN4O3. The first-order chi connectivity index (χ1) is 14.1. The summed E-state index contributed by atoms with van der Waals surface area (Å²) in [4.78, 5) is 17.3. The number of anilines is 1. The molecule has 146 valence electrons. The zero-order valence-corrected chi connectivity index (χ0v) is 15.5. The second-order valence-corrected chi connectivity index (χ2v) is 6.16. The second-order valence-electron chi connectivity index (χ2n) is 6.16. The van der Waals surface area contributed by atoms with Gasteiger partial charge in [0.1, 0.15) is 11.6 Å². The quantitative estimate of drug-likeness (QED) is 0.534. The van der Waals surface area contributed by atoms with Crippen molar-refractivity contribution in [2.75, 3.05) is 12.4 Å². The van der Waals surface area contributed by atoms with Crippen LogP contribution >= 0.6 is 0 Å². The Balaban J connectivity index is 1.63. The molecule has 8 heteroatoms. The van der Waals surface area contributed by atoms with Gasteiger partial charge in [-0.25, -0.2) is 4.39 Å². The highest BCUT2D eigenvalue weighted by Crippen LogP contribution is 2.20. The average Bonchev–Trinajstić information content (AvgIpc) is 3.42. The topological polar surface area (TPSA) is 82.2 Å². The van der Waals surface area contributed by atoms with E-state index >= 15 is 0 Å². The number of hydrogen-bond acceptors (Lipinski definition) is 6. The SMILES string of the molecule is COc1ccc(CNc2nc(-c3ccco3)nn2C(=O)c2ccc(F)cc2)cc1. The number of carbonyl (C=O) groups excluding carboxylic acids is 1. The Hall–Kier alpha value is -3.94. The molecule has 2 aromatic carbocycles. The Morgan fingerprint density at radius 3 is 2.55 bits per heavy atom. The summed E-state index contributed by atoms with van der Waals surface area (Å²) in [5.74, 6) is 0.845. The van der Waals surface area contributed by atoms with Gasteiger partial charge in [-0.15, -0.1) is 5.10 Å². The maximum absolute atomic E-state index is 13.2. The fraction of sp³-hybridized carbons (Fsp3) is 0.0952. The molecule has 2 aromatic heterocycles. The Morgan fingerprint density at radius 1 is 1.14 bits per heavy atom. The first-order valence-electron chi connectivity index (χ1n) is 8.82. The van der Waals surface area contributed by atoms with Crippen molar-refractivity contribution < 1.29 is 18.3 Å². The van der Waals surface area contributed by atoms with Crippen LogP contribution in [0.5, 0.6) is 5.75 Å². The highest BCUT2D eigenvalue weighted by molar-refractivity contribution is 5.97. The second kappa shape index (κ2) is 7.97. The molecule has 0 bridgehead atoms. The summed E-state index contributed by atoms with van der Waals surface area (Å²) in [6, 6.07) is 16.2. The molecule has 29 heavy (non-hydrogen) atoms. The molecule has 0 fully saturated rings. The van der Waals surface area contributed by atoms with Crippen LogP contribution in [0.4, 0.5) is 10.3 Å². The molecule has 4 rings (SSSR count). The summed E-state index contributed by atoms with van der Waals surface area (Å²) in [5.41, 5.74) is 1.25. The molecule has 7 nitrogen and oxygen atoms in total. The van der Waals surface area contributed by atoms with Crippen LogP contribution < -0.4 is 10.1 Å². The molecule has 0 aliphatic rings. The van der Waals surface area contributed by atoms with Gasteiger partial charge in [0, 0.05) is 12.1 Å². The first kappa shape index (κ1) is 18.4. The molecule has 0 aliphatic carbocycles. The Bertz CT molecular complexity index is 1100. The number of nitrogens with zero attached hydrogens (tertiary/aromatic N) is 3. The van der Waals surface area contributed by atoms with Crippen molar-refractivity contribution in [1.82, 2.24) is 14.8 Å². The Morgan fingerprint density at radius 2 is 1.90 bits per heavy atom. The molecule has 1 N–H and O–H groups in total. The number of rotatable bonds is 6. The summed E-state index contributed by atoms with van der Waals surface area (Å²) in [5, 5.41) is 7.40. The molecule has 0 spiro atoms. The van der Waals surface area contributed by atoms with E-state index < -0.39 is 11.7 Å². The number of aromatic nitrogens is 3. The largest absolute Gasteiger partial charge is 0.497 e. The number of carbonyl (C=O) groups is 1. The summed E-state index contributed by atoms with van der Waals surface area (Å²) >= 11 is 0. The molecule has 0 amide bonds. The monoisotopic (exact) mass is 392 g/mol. The van der Waals surface area contributed by atoms with Gasteiger partial charge in [-0.05, 0) is 54.1 Å². The summed E-state index contributed by atoms with van der Waals surface area (Å²) < 4.78 is 24.8. The van der Waals surface area contributed by atoms with E-state index in [9.17, 15) is 9.18 Å². The number of hydrogen-bond donors (Lipinski definition) is 1. The van der Waals surface area contributed by atoms with Gasteiger partial charge < -0.3 is 14.5 Å². The van der Waals surface area contributed by atoms with Gasteiger partial charge in [-0.1, -0.05) is 12.1 Å². The predicted molar refractivity (Wildman–Crippen MR) is 104 cm³/mol. The van der Waals surface area contributed by atoms with Crippen LogP contribution in [0.3, 0.4) is 0 Å². The van der Waals surface area contributed by atoms with Gasteiger partial charge >= 0.3 is 0 Å². The number of benzene rings is 2. The smallest absolute Gasteiger partial charge is 0.281 e. The van der Waals surface area contributed by atoms with Gasteiger partial charge in [0.05, 0.1) is 13.4 Å². The number of halogens is 1. The minimum absolute atomic E-state index is 0.251. The zero-order valence-electron chi connectivity index (χ0n) is 15.5. The van der Waals surface area contributed by atoms with E-state index in [1.807, 2.05) is 24.3 Å². The zero-order chi connectivity index (χ0) is 20.2. The van der Waals surface area contributed by atoms with Crippen molar-refractivity contribution in [3.05, 3.63) is 83.9 Å². The van der Waals surface area contributed by atoms with Gasteiger partial charge in [0.2, 0.25) is 11.8 Å². The maximum atomic E-state index is 13.2. The molecule has 0 aliphatic heterocycles. The Kier molecular flexibility index (Phi) is 5.07. The fourth-order valence-corrected chi connectivity index (χ4v) is 2.72. The lowest BCUT2D eigenvalue weighted by Gasteiger charge is -2.08. The number of nitrogens with one attached hydrogen (secondary N) is 1. The minimum Gasteiger partial charge on any atom is -0.497 e. The molecule has 2 heterocycles. The van der Waals surface area contributed by atoms with Crippen molar-refractivity contribution >= 4 is 11.9 Å². The van der Waals surface area contributed by atoms with Gasteiger partial charge in [0.15, 0.2) is 5.76 Å². The summed E-state index contributed by atoms with van der Waals surface area (Å²) in [6.45, 7) is 0.414. The lowest BCUT2D eigenvalue weighted by Crippen LogP contribution is -2.17. The van der Waals surface area contributed by atoms with E-state index in [4.69, 9.17) is 9.15 Å². The van der Waals surface area contributed by atoms with E-state index in [0.29, 0.717) is 12.3 Å². The number of methoxy groups -OCH3 is 1. The standard InChI is InChI=1S/C21H17FN4O3/c1-28-17-10-4-14(5-11-17)13-23-21-24-19(18-3-2-12-29-18)25-26(21)20(27)15-6-8-16(22)9-7-15/h2-12H,13H2,1H3,(H,23,24,25). The van der Waals surface area contributed by atoms with Crippen LogP contribution in [-0.2, 0) is 6.54 Å². The van der Waals surface area contributed by atoms with Gasteiger partial charge in [-0.3, -0.25) is 4.79 Å². The van der Waals surface area contributed by atoms with Crippen molar-refractivity contribution in [1.29, 1.82) is 0 Å². The van der Waals surface area contributed by atoms with Crippen molar-refractivity contribution in [2.24, 2.45) is 0 Å². The molecule has 4 aromatic rings. The molecule has 0 unspecified atom stereocenters. The summed E-state index contributed by atoms with van der Waals surface area (Å²) in [6.07, 6.45) is 1.50. The van der Waals surface area contributed by atoms with E-state index in [1.54, 1.807) is 19.2 Å². The average molecular weight is 392 g/mol. The number of furan rings is 1. The van der Waals surface area contributed by atoms with Crippen LogP contribution in [0, 0.1) is 5.82 Å². The molecular weight excluding hydrogens is 375 g/mol. The normalized spacial score (nSPS) is 10.7. The van der Waals surface area contributed by atoms with Gasteiger partial charge in [0.25, 0.3) is 5.91 Å². The van der Waals surface area contributed by atoms with E-state index in [1.165, 1.54) is 30.5 Å². The maximum Gasteiger partial charge on any atom is 0.281 e. The van der Waals surface area contributed by atoms with Crippen molar-refractivity contribution in [3.63, 3.8) is 0 Å². The third-order valence-electron chi connectivity index (χ3n) is 4.24.